The van der Waals surface area contributed by atoms with Gasteiger partial charge < -0.3 is 9.22 Å². The second-order valence-corrected chi connectivity index (χ2v) is 6.90. The number of nitrogens with zero attached hydrogens (tertiary/aromatic N) is 1. The normalized spacial score (nSPS) is 12.1. The van der Waals surface area contributed by atoms with Crippen LogP contribution in [0.25, 0.3) is 0 Å². The average molecular weight is 291 g/mol. The highest BCUT2D eigenvalue weighted by Gasteiger charge is 2.18. The van der Waals surface area contributed by atoms with Crippen molar-refractivity contribution < 1.29 is 23.1 Å². The minimum atomic E-state index is -1.60. The largest absolute Gasteiger partial charge is 0.508 e. The van der Waals surface area contributed by atoms with Gasteiger partial charge in [0.15, 0.2) is 12.8 Å². The van der Waals surface area contributed by atoms with Crippen LogP contribution in [0.15, 0.2) is 12.2 Å². The summed E-state index contributed by atoms with van der Waals surface area (Å²) in [6, 6.07) is 0. The van der Waals surface area contributed by atoms with Crippen LogP contribution < -0.4 is 0 Å². The smallest absolute Gasteiger partial charge is 0.462 e. The number of ether oxygens (including phenoxy) is 1. The lowest BCUT2D eigenvalue weighted by Gasteiger charge is -2.21. The number of hydrogen-bond acceptors (Lipinski definition) is 4. The van der Waals surface area contributed by atoms with Crippen molar-refractivity contribution in [3.05, 3.63) is 12.2 Å². The van der Waals surface area contributed by atoms with Crippen LogP contribution in [0.3, 0.4) is 0 Å². The summed E-state index contributed by atoms with van der Waals surface area (Å²) in [6.45, 7) is 6.78. The number of likely N-dealkylation sites (N-methyl/N-ethyl adjacent to an activating group) is 1. The quantitative estimate of drug-likeness (QED) is 0.204. The van der Waals surface area contributed by atoms with Crippen LogP contribution in [0, 0.1) is 0 Å². The number of esters is 1. The molecule has 19 heavy (non-hydrogen) atoms. The minimum Gasteiger partial charge on any atom is -0.462 e. The molecular weight excluding hydrogens is 265 g/mol. The summed E-state index contributed by atoms with van der Waals surface area (Å²) < 4.78 is 22.5. The Bertz CT molecular complexity index is 323. The van der Waals surface area contributed by atoms with E-state index in [1.807, 2.05) is 0 Å². The Morgan fingerprint density at radius 3 is 2.37 bits per heavy atom. The van der Waals surface area contributed by atoms with E-state index in [1.54, 1.807) is 6.92 Å². The number of unbranched alkanes of at least 4 members (excludes halogenated alkanes) is 1. The van der Waals surface area contributed by atoms with Crippen molar-refractivity contribution >= 4 is 14.0 Å². The van der Waals surface area contributed by atoms with Gasteiger partial charge in [-0.15, -0.1) is 4.52 Å². The number of carbonyl (C=O) groups excluding carboxylic acids is 1. The maximum Gasteiger partial charge on any atom is 0.508 e. The van der Waals surface area contributed by atoms with E-state index in [0.717, 1.165) is 17.4 Å². The molecule has 0 aromatic heterocycles. The molecule has 0 saturated carbocycles. The molecule has 1 atom stereocenters. The van der Waals surface area contributed by atoms with Crippen LogP contribution in [0.4, 0.5) is 0 Å². The Balaban J connectivity index is 3.49. The molecule has 0 rings (SSSR count). The summed E-state index contributed by atoms with van der Waals surface area (Å²) in [5.74, 6) is -0.372. The zero-order valence-electron chi connectivity index (χ0n) is 12.5. The number of rotatable bonds is 10. The highest BCUT2D eigenvalue weighted by Crippen LogP contribution is 2.23. The van der Waals surface area contributed by atoms with Gasteiger partial charge in [-0.1, -0.05) is 6.58 Å². The fourth-order valence-corrected chi connectivity index (χ4v) is 2.01. The summed E-state index contributed by atoms with van der Waals surface area (Å²) in [5.41, 5.74) is 0.398. The summed E-state index contributed by atoms with van der Waals surface area (Å²) >= 11 is 0. The van der Waals surface area contributed by atoms with E-state index >= 15 is 0 Å². The molecule has 0 saturated heterocycles. The van der Waals surface area contributed by atoms with E-state index in [2.05, 4.69) is 27.7 Å². The molecule has 0 aromatic carbocycles. The van der Waals surface area contributed by atoms with Crippen molar-refractivity contribution in [2.24, 2.45) is 0 Å². The molecule has 0 heterocycles. The van der Waals surface area contributed by atoms with Crippen LogP contribution >= 0.6 is 8.03 Å². The zero-order chi connectivity index (χ0) is 14.9. The molecule has 0 aliphatic rings. The van der Waals surface area contributed by atoms with E-state index in [-0.39, 0.29) is 5.97 Å². The maximum absolute atomic E-state index is 11.5. The molecule has 0 bridgehead atoms. The number of quaternary nitrogens is 1. The van der Waals surface area contributed by atoms with Crippen LogP contribution in [0.5, 0.6) is 0 Å². The maximum atomic E-state index is 11.5. The molecule has 0 aromatic rings. The van der Waals surface area contributed by atoms with E-state index in [0.29, 0.717) is 31.4 Å². The van der Waals surface area contributed by atoms with Gasteiger partial charge >= 0.3 is 14.0 Å². The summed E-state index contributed by atoms with van der Waals surface area (Å²) in [5, 5.41) is 0. The van der Waals surface area contributed by atoms with Gasteiger partial charge in [0.25, 0.3) is 0 Å². The van der Waals surface area contributed by atoms with Gasteiger partial charge in [0, 0.05) is 5.57 Å². The van der Waals surface area contributed by atoms with Crippen molar-refractivity contribution in [1.82, 2.24) is 0 Å². The lowest BCUT2D eigenvalue weighted by molar-refractivity contribution is -0.870. The minimum absolute atomic E-state index is 0.341. The zero-order valence-corrected chi connectivity index (χ0v) is 13.4. The van der Waals surface area contributed by atoms with Gasteiger partial charge in [0.05, 0.1) is 27.7 Å². The van der Waals surface area contributed by atoms with Crippen molar-refractivity contribution in [2.75, 3.05) is 47.1 Å². The van der Waals surface area contributed by atoms with Crippen molar-refractivity contribution in [3.8, 4) is 0 Å². The van der Waals surface area contributed by atoms with Crippen LogP contribution in [0.1, 0.15) is 19.8 Å². The van der Waals surface area contributed by atoms with Gasteiger partial charge in [-0.2, -0.15) is 0 Å². The topological polar surface area (TPSA) is 52.6 Å². The van der Waals surface area contributed by atoms with Crippen molar-refractivity contribution in [1.29, 1.82) is 0 Å². The van der Waals surface area contributed by atoms with Crippen molar-refractivity contribution in [2.45, 2.75) is 19.8 Å². The first-order valence-electron chi connectivity index (χ1n) is 6.43. The number of hydrogen-bond donors (Lipinski definition) is 0. The Labute approximate surface area is 117 Å². The summed E-state index contributed by atoms with van der Waals surface area (Å²) in [4.78, 5) is 11.1. The Hall–Kier alpha value is -0.770. The summed E-state index contributed by atoms with van der Waals surface area (Å²) in [7, 11) is 4.59. The molecule has 0 spiro atoms. The van der Waals surface area contributed by atoms with Crippen molar-refractivity contribution in [3.63, 3.8) is 0 Å². The van der Waals surface area contributed by atoms with E-state index in [4.69, 9.17) is 9.26 Å². The third kappa shape index (κ3) is 12.0. The molecule has 0 aliphatic carbocycles. The van der Waals surface area contributed by atoms with Gasteiger partial charge in [-0.25, -0.2) is 4.79 Å². The Morgan fingerprint density at radius 2 is 1.84 bits per heavy atom. The monoisotopic (exact) mass is 291 g/mol. The third-order valence-corrected chi connectivity index (χ3v) is 3.47. The first kappa shape index (κ1) is 18.2. The van der Waals surface area contributed by atoms with Gasteiger partial charge in [0.1, 0.15) is 6.54 Å². The van der Waals surface area contributed by atoms with Gasteiger partial charge in [0.2, 0.25) is 0 Å². The number of carbonyl (C=O) groups is 1. The standard InChI is InChI=1S/C13H26NO4P/c1-12(2)13(15)17-9-6-7-11-19(16)18-10-8-14(3,4)5/h1,6-11H2,2-5H3/q+2. The highest BCUT2D eigenvalue weighted by molar-refractivity contribution is 7.39. The van der Waals surface area contributed by atoms with Crippen LogP contribution in [-0.2, 0) is 18.6 Å². The fraction of sp³-hybridized carbons (Fsp3) is 0.769. The third-order valence-electron chi connectivity index (χ3n) is 2.31. The molecule has 0 N–H and O–H groups in total. The average Bonchev–Trinajstić information content (AvgIpc) is 2.26. The molecule has 0 aliphatic heterocycles. The first-order chi connectivity index (χ1) is 8.72. The molecule has 0 amide bonds. The Morgan fingerprint density at radius 1 is 1.21 bits per heavy atom. The predicted octanol–water partition coefficient (Wildman–Crippen LogP) is 2.35. The Kier molecular flexibility index (Phi) is 8.81. The fourth-order valence-electron chi connectivity index (χ4n) is 1.11. The molecule has 0 radical (unpaired) electrons. The lowest BCUT2D eigenvalue weighted by Crippen LogP contribution is -2.37. The van der Waals surface area contributed by atoms with Gasteiger partial charge in [-0.05, 0) is 24.3 Å². The molecule has 110 valence electrons. The van der Waals surface area contributed by atoms with E-state index in [9.17, 15) is 9.36 Å². The first-order valence-corrected chi connectivity index (χ1v) is 7.79. The second-order valence-electron chi connectivity index (χ2n) is 5.53. The SMILES string of the molecule is C=C(C)C(=O)OCCCC[P+](=O)OCC[N+](C)(C)C. The molecule has 6 heteroatoms. The molecule has 0 fully saturated rings. The van der Waals surface area contributed by atoms with Crippen LogP contribution in [-0.4, -0.2) is 57.5 Å². The van der Waals surface area contributed by atoms with E-state index < -0.39 is 8.03 Å². The molecular formula is C13H26NO4P+2. The lowest BCUT2D eigenvalue weighted by atomic mass is 10.3. The molecule has 5 nitrogen and oxygen atoms in total. The summed E-state index contributed by atoms with van der Waals surface area (Å²) in [6.07, 6.45) is 1.93. The van der Waals surface area contributed by atoms with Gasteiger partial charge in [-0.3, -0.25) is 0 Å². The molecule has 1 unspecified atom stereocenters. The van der Waals surface area contributed by atoms with E-state index in [1.165, 1.54) is 0 Å². The second kappa shape index (κ2) is 9.18. The van der Waals surface area contributed by atoms with Crippen LogP contribution in [0.2, 0.25) is 0 Å². The predicted molar refractivity (Wildman–Crippen MR) is 76.3 cm³/mol. The highest BCUT2D eigenvalue weighted by atomic mass is 31.1.